The highest BCUT2D eigenvalue weighted by molar-refractivity contribution is 7.92. The zero-order valence-corrected chi connectivity index (χ0v) is 13.5. The third-order valence-electron chi connectivity index (χ3n) is 3.26. The van der Waals surface area contributed by atoms with Gasteiger partial charge in [0, 0.05) is 5.02 Å². The first kappa shape index (κ1) is 15.7. The van der Waals surface area contributed by atoms with Crippen LogP contribution in [0.4, 0.5) is 5.69 Å². The summed E-state index contributed by atoms with van der Waals surface area (Å²) in [5, 5.41) is 0.331. The lowest BCUT2D eigenvalue weighted by Crippen LogP contribution is -2.15. The zero-order chi connectivity index (χ0) is 15.6. The van der Waals surface area contributed by atoms with Crippen LogP contribution >= 0.6 is 11.6 Å². The number of aryl methyl sites for hydroxylation is 1. The van der Waals surface area contributed by atoms with Crippen LogP contribution in [-0.4, -0.2) is 15.5 Å². The van der Waals surface area contributed by atoms with Gasteiger partial charge in [-0.1, -0.05) is 23.7 Å². The Morgan fingerprint density at radius 1 is 1.14 bits per heavy atom. The Bertz CT molecular complexity index is 772. The predicted molar refractivity (Wildman–Crippen MR) is 84.7 cm³/mol. The van der Waals surface area contributed by atoms with Crippen molar-refractivity contribution < 1.29 is 13.2 Å². The Morgan fingerprint density at radius 2 is 1.86 bits per heavy atom. The summed E-state index contributed by atoms with van der Waals surface area (Å²) in [5.41, 5.74) is 2.42. The van der Waals surface area contributed by atoms with Gasteiger partial charge in [-0.15, -0.1) is 0 Å². The maximum atomic E-state index is 12.5. The minimum atomic E-state index is -3.78. The summed E-state index contributed by atoms with van der Waals surface area (Å²) in [6.45, 7) is 3.79. The molecule has 0 saturated heterocycles. The monoisotopic (exact) mass is 325 g/mol. The second-order valence-electron chi connectivity index (χ2n) is 4.65. The molecule has 0 radical (unpaired) electrons. The van der Waals surface area contributed by atoms with E-state index in [0.717, 1.165) is 11.1 Å². The van der Waals surface area contributed by atoms with Crippen LogP contribution in [0.3, 0.4) is 0 Å². The molecule has 0 aliphatic rings. The molecule has 2 aromatic rings. The second-order valence-corrected chi connectivity index (χ2v) is 6.74. The van der Waals surface area contributed by atoms with Gasteiger partial charge < -0.3 is 4.74 Å². The summed E-state index contributed by atoms with van der Waals surface area (Å²) in [4.78, 5) is 0.0124. The summed E-state index contributed by atoms with van der Waals surface area (Å²) in [7, 11) is -2.36. The van der Waals surface area contributed by atoms with Crippen LogP contribution in [0.15, 0.2) is 41.3 Å². The van der Waals surface area contributed by atoms with E-state index in [1.54, 1.807) is 18.2 Å². The molecule has 2 rings (SSSR count). The Kier molecular flexibility index (Phi) is 4.44. The highest BCUT2D eigenvalue weighted by Crippen LogP contribution is 2.29. The molecule has 6 heteroatoms. The summed E-state index contributed by atoms with van der Waals surface area (Å²) in [6.07, 6.45) is 0. The molecule has 0 heterocycles. The van der Waals surface area contributed by atoms with Gasteiger partial charge >= 0.3 is 0 Å². The van der Waals surface area contributed by atoms with Gasteiger partial charge in [-0.3, -0.25) is 4.72 Å². The molecule has 2 aromatic carbocycles. The molecule has 0 bridgehead atoms. The molecule has 21 heavy (non-hydrogen) atoms. The lowest BCUT2D eigenvalue weighted by molar-refractivity contribution is 0.403. The normalized spacial score (nSPS) is 11.2. The molecular formula is C15H16ClNO3S. The quantitative estimate of drug-likeness (QED) is 0.931. The molecule has 0 amide bonds. The number of methoxy groups -OCH3 is 1. The van der Waals surface area contributed by atoms with Crippen LogP contribution in [0.2, 0.25) is 5.02 Å². The number of hydrogen-bond acceptors (Lipinski definition) is 3. The van der Waals surface area contributed by atoms with E-state index in [9.17, 15) is 8.42 Å². The lowest BCUT2D eigenvalue weighted by Gasteiger charge is -2.14. The average molecular weight is 326 g/mol. The highest BCUT2D eigenvalue weighted by atomic mass is 35.5. The van der Waals surface area contributed by atoms with Gasteiger partial charge in [-0.05, 0) is 49.2 Å². The standard InChI is InChI=1S/C15H16ClNO3S/c1-10-5-4-6-13(11(10)2)17-21(18,19)15-9-12(16)7-8-14(15)20-3/h4-9,17H,1-3H3. The molecule has 0 aliphatic carbocycles. The van der Waals surface area contributed by atoms with E-state index in [2.05, 4.69) is 4.72 Å². The number of anilines is 1. The van der Waals surface area contributed by atoms with Gasteiger partial charge in [-0.2, -0.15) is 0 Å². The van der Waals surface area contributed by atoms with Gasteiger partial charge in [0.25, 0.3) is 10.0 Å². The maximum absolute atomic E-state index is 12.5. The molecule has 0 unspecified atom stereocenters. The fraction of sp³-hybridized carbons (Fsp3) is 0.200. The Morgan fingerprint density at radius 3 is 2.52 bits per heavy atom. The van der Waals surface area contributed by atoms with Crippen molar-refractivity contribution in [3.8, 4) is 5.75 Å². The summed E-state index contributed by atoms with van der Waals surface area (Å²) in [5.74, 6) is 0.247. The minimum absolute atomic E-state index is 0.0124. The Hall–Kier alpha value is -1.72. The van der Waals surface area contributed by atoms with E-state index < -0.39 is 10.0 Å². The first-order valence-corrected chi connectivity index (χ1v) is 8.14. The van der Waals surface area contributed by atoms with Gasteiger partial charge in [0.2, 0.25) is 0 Å². The number of hydrogen-bond donors (Lipinski definition) is 1. The SMILES string of the molecule is COc1ccc(Cl)cc1S(=O)(=O)Nc1cccc(C)c1C. The topological polar surface area (TPSA) is 55.4 Å². The number of ether oxygens (including phenoxy) is 1. The lowest BCUT2D eigenvalue weighted by atomic mass is 10.1. The maximum Gasteiger partial charge on any atom is 0.265 e. The molecule has 0 spiro atoms. The molecule has 1 N–H and O–H groups in total. The third kappa shape index (κ3) is 3.31. The molecule has 0 fully saturated rings. The first-order valence-electron chi connectivity index (χ1n) is 6.27. The minimum Gasteiger partial charge on any atom is -0.495 e. The second kappa shape index (κ2) is 5.95. The van der Waals surface area contributed by atoms with E-state index in [1.807, 2.05) is 19.9 Å². The van der Waals surface area contributed by atoms with Crippen LogP contribution in [0.1, 0.15) is 11.1 Å². The summed E-state index contributed by atoms with van der Waals surface area (Å²) in [6, 6.07) is 9.92. The van der Waals surface area contributed by atoms with E-state index in [1.165, 1.54) is 19.2 Å². The molecule has 0 aliphatic heterocycles. The van der Waals surface area contributed by atoms with Crippen LogP contribution in [0, 0.1) is 13.8 Å². The van der Waals surface area contributed by atoms with Crippen molar-refractivity contribution >= 4 is 27.3 Å². The van der Waals surface area contributed by atoms with Gasteiger partial charge in [0.1, 0.15) is 10.6 Å². The molecular weight excluding hydrogens is 310 g/mol. The van der Waals surface area contributed by atoms with E-state index in [0.29, 0.717) is 10.7 Å². The van der Waals surface area contributed by atoms with Crippen LogP contribution < -0.4 is 9.46 Å². The van der Waals surface area contributed by atoms with Crippen molar-refractivity contribution in [2.75, 3.05) is 11.8 Å². The highest BCUT2D eigenvalue weighted by Gasteiger charge is 2.21. The fourth-order valence-electron chi connectivity index (χ4n) is 1.92. The van der Waals surface area contributed by atoms with Crippen LogP contribution in [0.25, 0.3) is 0 Å². The van der Waals surface area contributed by atoms with E-state index in [-0.39, 0.29) is 10.6 Å². The molecule has 0 saturated carbocycles. The van der Waals surface area contributed by atoms with Crippen LogP contribution in [-0.2, 0) is 10.0 Å². The van der Waals surface area contributed by atoms with Crippen molar-refractivity contribution in [1.29, 1.82) is 0 Å². The molecule has 0 aromatic heterocycles. The predicted octanol–water partition coefficient (Wildman–Crippen LogP) is 3.77. The molecule has 0 atom stereocenters. The number of benzene rings is 2. The fourth-order valence-corrected chi connectivity index (χ4v) is 3.48. The number of rotatable bonds is 4. The van der Waals surface area contributed by atoms with Crippen molar-refractivity contribution in [3.63, 3.8) is 0 Å². The van der Waals surface area contributed by atoms with Crippen molar-refractivity contribution in [3.05, 3.63) is 52.5 Å². The van der Waals surface area contributed by atoms with Crippen molar-refractivity contribution in [1.82, 2.24) is 0 Å². The third-order valence-corrected chi connectivity index (χ3v) is 4.89. The van der Waals surface area contributed by atoms with Crippen molar-refractivity contribution in [2.45, 2.75) is 18.7 Å². The number of nitrogens with one attached hydrogen (secondary N) is 1. The Balaban J connectivity index is 2.48. The van der Waals surface area contributed by atoms with Crippen molar-refractivity contribution in [2.24, 2.45) is 0 Å². The van der Waals surface area contributed by atoms with E-state index in [4.69, 9.17) is 16.3 Å². The molecule has 112 valence electrons. The van der Waals surface area contributed by atoms with Gasteiger partial charge in [0.05, 0.1) is 12.8 Å². The van der Waals surface area contributed by atoms with Gasteiger partial charge in [-0.25, -0.2) is 8.42 Å². The number of sulfonamides is 1. The van der Waals surface area contributed by atoms with Crippen LogP contribution in [0.5, 0.6) is 5.75 Å². The zero-order valence-electron chi connectivity index (χ0n) is 12.0. The van der Waals surface area contributed by atoms with Gasteiger partial charge in [0.15, 0.2) is 0 Å². The largest absolute Gasteiger partial charge is 0.495 e. The average Bonchev–Trinajstić information content (AvgIpc) is 2.44. The Labute approximate surface area is 129 Å². The number of halogens is 1. The van der Waals surface area contributed by atoms with E-state index >= 15 is 0 Å². The summed E-state index contributed by atoms with van der Waals surface area (Å²) >= 11 is 5.89. The summed E-state index contributed by atoms with van der Waals surface area (Å²) < 4.78 is 32.8. The smallest absolute Gasteiger partial charge is 0.265 e. The first-order chi connectivity index (χ1) is 9.85. The molecule has 4 nitrogen and oxygen atoms in total.